The van der Waals surface area contributed by atoms with Gasteiger partial charge in [-0.3, -0.25) is 4.98 Å². The topological polar surface area (TPSA) is 120 Å². The molecule has 150 valence electrons. The van der Waals surface area contributed by atoms with Crippen molar-refractivity contribution in [2.24, 2.45) is 23.1 Å². The fraction of sp³-hybridized carbons (Fsp3) is 0.368. The number of nitrogens with zero attached hydrogens (tertiary/aromatic N) is 1. The number of halogens is 2. The molecule has 2 aromatic rings. The van der Waals surface area contributed by atoms with Gasteiger partial charge in [0.15, 0.2) is 0 Å². The third-order valence-corrected chi connectivity index (χ3v) is 4.10. The van der Waals surface area contributed by atoms with Gasteiger partial charge < -0.3 is 22.5 Å². The number of nitrogens with two attached hydrogens (primary N) is 3. The van der Waals surface area contributed by atoms with Crippen molar-refractivity contribution in [1.29, 1.82) is 0 Å². The van der Waals surface area contributed by atoms with Gasteiger partial charge in [0.25, 0.3) is 0 Å². The predicted molar refractivity (Wildman–Crippen MR) is 116 cm³/mol. The van der Waals surface area contributed by atoms with E-state index < -0.39 is 6.03 Å². The summed E-state index contributed by atoms with van der Waals surface area (Å²) in [5.41, 5.74) is 23.2. The third-order valence-electron chi connectivity index (χ3n) is 4.10. The largest absolute Gasteiger partial charge is 0.351 e. The number of aryl methyl sites for hydroxylation is 1. The number of hydrogen-bond donors (Lipinski definition) is 4. The van der Waals surface area contributed by atoms with Crippen LogP contribution in [-0.2, 0) is 19.5 Å². The maximum Gasteiger partial charge on any atom is 0.316 e. The van der Waals surface area contributed by atoms with Gasteiger partial charge in [0.1, 0.15) is 0 Å². The lowest BCUT2D eigenvalue weighted by molar-refractivity contribution is 0.259. The second-order valence-electron chi connectivity index (χ2n) is 6.56. The van der Waals surface area contributed by atoms with E-state index in [2.05, 4.69) is 24.1 Å². The number of carbonyl (C=O) groups is 1. The molecule has 0 aliphatic heterocycles. The lowest BCUT2D eigenvalue weighted by atomic mass is 9.92. The molecule has 0 saturated heterocycles. The minimum atomic E-state index is -0.621. The van der Waals surface area contributed by atoms with Crippen LogP contribution in [-0.4, -0.2) is 11.0 Å². The van der Waals surface area contributed by atoms with E-state index in [1.165, 1.54) is 0 Å². The molecular formula is C19H29Cl2N5O. The number of amides is 2. The molecule has 27 heavy (non-hydrogen) atoms. The monoisotopic (exact) mass is 413 g/mol. The summed E-state index contributed by atoms with van der Waals surface area (Å²) in [7, 11) is 0. The van der Waals surface area contributed by atoms with Gasteiger partial charge in [-0.1, -0.05) is 38.1 Å². The standard InChI is InChI=1S/C19H27N5O.2ClH/c1-11(2)8-16-15(10-21)17(14-6-4-13(9-20)5-7-14)18(12(3)23-16)24-19(22)25;;/h4-7,11H,8-10,20-21H2,1-3H3,(H3,22,24,25);2*1H. The summed E-state index contributed by atoms with van der Waals surface area (Å²) in [6.45, 7) is 6.96. The van der Waals surface area contributed by atoms with Crippen molar-refractivity contribution in [3.8, 4) is 11.1 Å². The number of aromatic nitrogens is 1. The number of hydrogen-bond acceptors (Lipinski definition) is 4. The molecule has 0 spiro atoms. The number of urea groups is 1. The quantitative estimate of drug-likeness (QED) is 0.578. The zero-order chi connectivity index (χ0) is 18.6. The first-order valence-electron chi connectivity index (χ1n) is 8.45. The highest BCUT2D eigenvalue weighted by Gasteiger charge is 2.20. The number of pyridine rings is 1. The molecule has 0 bridgehead atoms. The van der Waals surface area contributed by atoms with Crippen LogP contribution in [0.1, 0.15) is 36.4 Å². The van der Waals surface area contributed by atoms with Gasteiger partial charge in [0, 0.05) is 24.3 Å². The van der Waals surface area contributed by atoms with Crippen LogP contribution in [0.25, 0.3) is 11.1 Å². The summed E-state index contributed by atoms with van der Waals surface area (Å²) in [5, 5.41) is 2.72. The van der Waals surface area contributed by atoms with E-state index >= 15 is 0 Å². The Morgan fingerprint density at radius 1 is 1.11 bits per heavy atom. The highest BCUT2D eigenvalue weighted by Crippen LogP contribution is 2.36. The van der Waals surface area contributed by atoms with Crippen molar-refractivity contribution in [3.63, 3.8) is 0 Å². The van der Waals surface area contributed by atoms with Crippen molar-refractivity contribution in [2.45, 2.75) is 40.3 Å². The number of anilines is 1. The van der Waals surface area contributed by atoms with E-state index in [0.717, 1.165) is 40.1 Å². The van der Waals surface area contributed by atoms with Crippen LogP contribution in [0, 0.1) is 12.8 Å². The van der Waals surface area contributed by atoms with E-state index in [1.807, 2.05) is 31.2 Å². The molecule has 2 rings (SSSR count). The van der Waals surface area contributed by atoms with Crippen molar-refractivity contribution < 1.29 is 4.79 Å². The molecule has 7 N–H and O–H groups in total. The molecule has 8 heteroatoms. The smallest absolute Gasteiger partial charge is 0.316 e. The average Bonchev–Trinajstić information content (AvgIpc) is 2.56. The molecular weight excluding hydrogens is 385 g/mol. The molecule has 6 nitrogen and oxygen atoms in total. The predicted octanol–water partition coefficient (Wildman–Crippen LogP) is 3.51. The summed E-state index contributed by atoms with van der Waals surface area (Å²) in [4.78, 5) is 16.2. The van der Waals surface area contributed by atoms with Crippen LogP contribution in [0.4, 0.5) is 10.5 Å². The third kappa shape index (κ3) is 6.07. The van der Waals surface area contributed by atoms with Crippen LogP contribution in [0.3, 0.4) is 0 Å². The Bertz CT molecular complexity index is 764. The lowest BCUT2D eigenvalue weighted by Crippen LogP contribution is -2.22. The van der Waals surface area contributed by atoms with Crippen molar-refractivity contribution in [3.05, 3.63) is 46.8 Å². The molecule has 1 heterocycles. The van der Waals surface area contributed by atoms with Crippen LogP contribution >= 0.6 is 24.8 Å². The van der Waals surface area contributed by atoms with Crippen LogP contribution in [0.2, 0.25) is 0 Å². The molecule has 0 unspecified atom stereocenters. The van der Waals surface area contributed by atoms with Gasteiger partial charge in [0.2, 0.25) is 0 Å². The SMILES string of the molecule is Cc1nc(CC(C)C)c(CN)c(-c2ccc(CN)cc2)c1NC(N)=O.Cl.Cl. The molecule has 0 saturated carbocycles. The van der Waals surface area contributed by atoms with Gasteiger partial charge in [-0.05, 0) is 36.0 Å². The van der Waals surface area contributed by atoms with Crippen molar-refractivity contribution in [1.82, 2.24) is 4.98 Å². The fourth-order valence-electron chi connectivity index (χ4n) is 2.98. The molecule has 0 aliphatic rings. The Kier molecular flexibility index (Phi) is 10.3. The highest BCUT2D eigenvalue weighted by molar-refractivity contribution is 5.95. The Balaban J connectivity index is 0.00000338. The molecule has 0 atom stereocenters. The highest BCUT2D eigenvalue weighted by atomic mass is 35.5. The van der Waals surface area contributed by atoms with Crippen LogP contribution in [0.5, 0.6) is 0 Å². The zero-order valence-electron chi connectivity index (χ0n) is 15.9. The van der Waals surface area contributed by atoms with E-state index in [4.69, 9.17) is 17.2 Å². The van der Waals surface area contributed by atoms with Crippen LogP contribution in [0.15, 0.2) is 24.3 Å². The number of benzene rings is 1. The molecule has 1 aromatic heterocycles. The van der Waals surface area contributed by atoms with Gasteiger partial charge in [0.05, 0.1) is 11.4 Å². The van der Waals surface area contributed by atoms with E-state index in [9.17, 15) is 4.79 Å². The Morgan fingerprint density at radius 2 is 1.70 bits per heavy atom. The minimum absolute atomic E-state index is 0. The normalized spacial score (nSPS) is 10.1. The Labute approximate surface area is 173 Å². The zero-order valence-corrected chi connectivity index (χ0v) is 17.5. The average molecular weight is 414 g/mol. The number of nitrogens with one attached hydrogen (secondary N) is 1. The molecule has 1 aromatic carbocycles. The molecule has 0 fully saturated rings. The van der Waals surface area contributed by atoms with Crippen molar-refractivity contribution in [2.75, 3.05) is 5.32 Å². The number of primary amides is 1. The first kappa shape index (κ1) is 25.1. The second kappa shape index (κ2) is 11.1. The maximum absolute atomic E-state index is 11.5. The van der Waals surface area contributed by atoms with E-state index in [0.29, 0.717) is 24.7 Å². The summed E-state index contributed by atoms with van der Waals surface area (Å²) in [6.07, 6.45) is 0.818. The fourth-order valence-corrected chi connectivity index (χ4v) is 2.98. The number of carbonyl (C=O) groups excluding carboxylic acids is 1. The van der Waals surface area contributed by atoms with E-state index in [-0.39, 0.29) is 24.8 Å². The minimum Gasteiger partial charge on any atom is -0.351 e. The summed E-state index contributed by atoms with van der Waals surface area (Å²) in [6, 6.07) is 7.30. The molecule has 0 radical (unpaired) electrons. The van der Waals surface area contributed by atoms with Gasteiger partial charge in [-0.2, -0.15) is 0 Å². The van der Waals surface area contributed by atoms with Gasteiger partial charge >= 0.3 is 6.03 Å². The van der Waals surface area contributed by atoms with E-state index in [1.54, 1.807) is 0 Å². The molecule has 0 aliphatic carbocycles. The van der Waals surface area contributed by atoms with Crippen LogP contribution < -0.4 is 22.5 Å². The second-order valence-corrected chi connectivity index (χ2v) is 6.56. The summed E-state index contributed by atoms with van der Waals surface area (Å²) in [5.74, 6) is 0.444. The molecule has 2 amide bonds. The summed E-state index contributed by atoms with van der Waals surface area (Å²) >= 11 is 0. The first-order chi connectivity index (χ1) is 11.9. The first-order valence-corrected chi connectivity index (χ1v) is 8.45. The van der Waals surface area contributed by atoms with Gasteiger partial charge in [-0.15, -0.1) is 24.8 Å². The summed E-state index contributed by atoms with van der Waals surface area (Å²) < 4.78 is 0. The Morgan fingerprint density at radius 3 is 2.15 bits per heavy atom. The lowest BCUT2D eigenvalue weighted by Gasteiger charge is -2.21. The Hall–Kier alpha value is -1.86. The number of rotatable bonds is 6. The van der Waals surface area contributed by atoms with Crippen molar-refractivity contribution >= 4 is 36.5 Å². The maximum atomic E-state index is 11.5. The van der Waals surface area contributed by atoms with Gasteiger partial charge in [-0.25, -0.2) is 4.79 Å².